The minimum atomic E-state index is 0.848. The van der Waals surface area contributed by atoms with Crippen LogP contribution in [0.3, 0.4) is 0 Å². The quantitative estimate of drug-likeness (QED) is 0.745. The van der Waals surface area contributed by atoms with Gasteiger partial charge in [0.1, 0.15) is 0 Å². The molecule has 2 unspecified atom stereocenters. The minimum Gasteiger partial charge on any atom is -0.314 e. The van der Waals surface area contributed by atoms with Gasteiger partial charge in [0.2, 0.25) is 0 Å². The zero-order valence-electron chi connectivity index (χ0n) is 11.7. The lowest BCUT2D eigenvalue weighted by Crippen LogP contribution is -2.39. The van der Waals surface area contributed by atoms with Gasteiger partial charge in [-0.3, -0.25) is 0 Å². The molecule has 0 aromatic rings. The standard InChI is InChI=1S/C16H31N/c1-2-14-10-6-3-4-7-11-15(14)16-12-8-5-9-13-17-16/h14-17H,2-13H2,1H3/t14-,15?,16?/m0/s1. The summed E-state index contributed by atoms with van der Waals surface area (Å²) in [4.78, 5) is 0. The molecule has 1 heteroatoms. The Morgan fingerprint density at radius 1 is 0.824 bits per heavy atom. The van der Waals surface area contributed by atoms with Crippen LogP contribution in [0.15, 0.2) is 0 Å². The van der Waals surface area contributed by atoms with Crippen LogP contribution >= 0.6 is 0 Å². The third-order valence-electron chi connectivity index (χ3n) is 5.11. The smallest absolute Gasteiger partial charge is 0.00979 e. The van der Waals surface area contributed by atoms with Gasteiger partial charge in [-0.05, 0) is 37.6 Å². The monoisotopic (exact) mass is 237 g/mol. The fraction of sp³-hybridized carbons (Fsp3) is 1.00. The van der Waals surface area contributed by atoms with Crippen molar-refractivity contribution in [2.24, 2.45) is 11.8 Å². The van der Waals surface area contributed by atoms with Gasteiger partial charge < -0.3 is 5.32 Å². The fourth-order valence-corrected chi connectivity index (χ4v) is 4.05. The first-order valence-electron chi connectivity index (χ1n) is 8.15. The number of nitrogens with one attached hydrogen (secondary N) is 1. The first-order valence-corrected chi connectivity index (χ1v) is 8.15. The molecule has 1 aliphatic carbocycles. The molecule has 0 radical (unpaired) electrons. The maximum Gasteiger partial charge on any atom is 0.00979 e. The molecule has 1 saturated heterocycles. The fourth-order valence-electron chi connectivity index (χ4n) is 4.05. The average Bonchev–Trinajstić information content (AvgIpc) is 2.58. The van der Waals surface area contributed by atoms with Crippen molar-refractivity contribution >= 4 is 0 Å². The lowest BCUT2D eigenvalue weighted by Gasteiger charge is -2.35. The van der Waals surface area contributed by atoms with Crippen LogP contribution in [0.1, 0.15) is 77.6 Å². The summed E-state index contributed by atoms with van der Waals surface area (Å²) in [6.45, 7) is 3.69. The van der Waals surface area contributed by atoms with Crippen LogP contribution in [-0.2, 0) is 0 Å². The van der Waals surface area contributed by atoms with E-state index >= 15 is 0 Å². The Morgan fingerprint density at radius 2 is 1.53 bits per heavy atom. The Labute approximate surface area is 108 Å². The van der Waals surface area contributed by atoms with Gasteiger partial charge in [0, 0.05) is 6.04 Å². The highest BCUT2D eigenvalue weighted by Gasteiger charge is 2.28. The molecule has 2 aliphatic rings. The largest absolute Gasteiger partial charge is 0.314 e. The molecule has 0 spiro atoms. The summed E-state index contributed by atoms with van der Waals surface area (Å²) < 4.78 is 0. The van der Waals surface area contributed by atoms with Gasteiger partial charge in [-0.15, -0.1) is 0 Å². The van der Waals surface area contributed by atoms with Crippen LogP contribution in [-0.4, -0.2) is 12.6 Å². The van der Waals surface area contributed by atoms with Crippen LogP contribution in [0.2, 0.25) is 0 Å². The summed E-state index contributed by atoms with van der Waals surface area (Å²) in [6.07, 6.45) is 16.1. The first-order chi connectivity index (χ1) is 8.42. The highest BCUT2D eigenvalue weighted by Crippen LogP contribution is 2.34. The van der Waals surface area contributed by atoms with E-state index in [-0.39, 0.29) is 0 Å². The molecule has 1 nitrogen and oxygen atoms in total. The van der Waals surface area contributed by atoms with Crippen LogP contribution in [0.4, 0.5) is 0 Å². The van der Waals surface area contributed by atoms with Crippen LogP contribution in [0, 0.1) is 11.8 Å². The van der Waals surface area contributed by atoms with E-state index in [0.29, 0.717) is 0 Å². The highest BCUT2D eigenvalue weighted by molar-refractivity contribution is 4.84. The van der Waals surface area contributed by atoms with Gasteiger partial charge >= 0.3 is 0 Å². The molecule has 1 saturated carbocycles. The minimum absolute atomic E-state index is 0.848. The van der Waals surface area contributed by atoms with Gasteiger partial charge in [-0.25, -0.2) is 0 Å². The van der Waals surface area contributed by atoms with E-state index in [1.54, 1.807) is 0 Å². The predicted molar refractivity (Wildman–Crippen MR) is 75.2 cm³/mol. The van der Waals surface area contributed by atoms with Crippen molar-refractivity contribution in [3.05, 3.63) is 0 Å². The average molecular weight is 237 g/mol. The van der Waals surface area contributed by atoms with E-state index in [2.05, 4.69) is 12.2 Å². The van der Waals surface area contributed by atoms with Gasteiger partial charge in [-0.2, -0.15) is 0 Å². The van der Waals surface area contributed by atoms with Crippen molar-refractivity contribution in [2.45, 2.75) is 83.6 Å². The van der Waals surface area contributed by atoms with Crippen LogP contribution in [0.5, 0.6) is 0 Å². The molecule has 1 aliphatic heterocycles. The van der Waals surface area contributed by atoms with Gasteiger partial charge in [-0.1, -0.05) is 58.3 Å². The van der Waals surface area contributed by atoms with Crippen molar-refractivity contribution in [1.29, 1.82) is 0 Å². The third kappa shape index (κ3) is 3.98. The maximum absolute atomic E-state index is 3.86. The van der Waals surface area contributed by atoms with Crippen molar-refractivity contribution in [3.8, 4) is 0 Å². The molecule has 0 aromatic heterocycles. The summed E-state index contributed by atoms with van der Waals surface area (Å²) >= 11 is 0. The second-order valence-corrected chi connectivity index (χ2v) is 6.23. The zero-order valence-corrected chi connectivity index (χ0v) is 11.7. The van der Waals surface area contributed by atoms with Crippen LogP contribution in [0.25, 0.3) is 0 Å². The molecule has 2 rings (SSSR count). The lowest BCUT2D eigenvalue weighted by molar-refractivity contribution is 0.191. The van der Waals surface area contributed by atoms with E-state index in [4.69, 9.17) is 0 Å². The summed E-state index contributed by atoms with van der Waals surface area (Å²) in [5.74, 6) is 1.99. The van der Waals surface area contributed by atoms with E-state index < -0.39 is 0 Å². The summed E-state index contributed by atoms with van der Waals surface area (Å²) in [6, 6.07) is 0.848. The normalized spacial score (nSPS) is 36.9. The number of hydrogen-bond acceptors (Lipinski definition) is 1. The molecule has 0 amide bonds. The summed E-state index contributed by atoms with van der Waals surface area (Å²) in [5, 5.41) is 3.86. The Kier molecular flexibility index (Phi) is 5.84. The topological polar surface area (TPSA) is 12.0 Å². The second-order valence-electron chi connectivity index (χ2n) is 6.23. The summed E-state index contributed by atoms with van der Waals surface area (Å²) in [7, 11) is 0. The molecule has 100 valence electrons. The highest BCUT2D eigenvalue weighted by atomic mass is 14.9. The molecule has 2 fully saturated rings. The van der Waals surface area contributed by atoms with E-state index in [1.807, 2.05) is 0 Å². The molecule has 1 heterocycles. The van der Waals surface area contributed by atoms with Gasteiger partial charge in [0.05, 0.1) is 0 Å². The van der Waals surface area contributed by atoms with E-state index in [9.17, 15) is 0 Å². The Bertz CT molecular complexity index is 194. The Morgan fingerprint density at radius 3 is 2.35 bits per heavy atom. The Hall–Kier alpha value is -0.0400. The molecule has 17 heavy (non-hydrogen) atoms. The molecule has 0 aromatic carbocycles. The van der Waals surface area contributed by atoms with E-state index in [0.717, 1.165) is 17.9 Å². The number of hydrogen-bond donors (Lipinski definition) is 1. The third-order valence-corrected chi connectivity index (χ3v) is 5.11. The SMILES string of the molecule is CC[C@H]1CCCCCCC1C1CCCCCN1. The molecular formula is C16H31N. The Balaban J connectivity index is 1.96. The van der Waals surface area contributed by atoms with Crippen molar-refractivity contribution in [1.82, 2.24) is 5.32 Å². The second kappa shape index (κ2) is 7.41. The van der Waals surface area contributed by atoms with Crippen molar-refractivity contribution < 1.29 is 0 Å². The lowest BCUT2D eigenvalue weighted by atomic mass is 9.75. The van der Waals surface area contributed by atoms with Crippen molar-refractivity contribution in [2.75, 3.05) is 6.54 Å². The van der Waals surface area contributed by atoms with E-state index in [1.165, 1.54) is 77.2 Å². The molecule has 3 atom stereocenters. The first kappa shape index (κ1) is 13.4. The molecular weight excluding hydrogens is 206 g/mol. The summed E-state index contributed by atoms with van der Waals surface area (Å²) in [5.41, 5.74) is 0. The number of rotatable bonds is 2. The van der Waals surface area contributed by atoms with Crippen molar-refractivity contribution in [3.63, 3.8) is 0 Å². The predicted octanol–water partition coefficient (Wildman–Crippen LogP) is 4.52. The molecule has 0 bridgehead atoms. The van der Waals surface area contributed by atoms with Gasteiger partial charge in [0.25, 0.3) is 0 Å². The molecule has 1 N–H and O–H groups in total. The van der Waals surface area contributed by atoms with Crippen LogP contribution < -0.4 is 5.32 Å². The maximum atomic E-state index is 3.86. The zero-order chi connectivity index (χ0) is 11.9. The van der Waals surface area contributed by atoms with Gasteiger partial charge in [0.15, 0.2) is 0 Å².